The molecule has 0 heterocycles. The Bertz CT molecular complexity index is 335. The molecule has 0 aromatic heterocycles. The molecule has 15 heavy (non-hydrogen) atoms. The molecule has 2 N–H and O–H groups in total. The summed E-state index contributed by atoms with van der Waals surface area (Å²) >= 11 is 0. The van der Waals surface area contributed by atoms with E-state index in [2.05, 4.69) is 0 Å². The molecule has 1 aromatic rings. The van der Waals surface area contributed by atoms with E-state index in [1.165, 1.54) is 0 Å². The Balaban J connectivity index is 3.22. The van der Waals surface area contributed by atoms with E-state index >= 15 is 0 Å². The zero-order valence-electron chi connectivity index (χ0n) is 7.54. The molecular weight excluding hydrogens is 217 g/mol. The lowest BCUT2D eigenvalue weighted by molar-refractivity contribution is -0.142. The summed E-state index contributed by atoms with van der Waals surface area (Å²) in [5, 5.41) is 0. The van der Waals surface area contributed by atoms with E-state index in [1.54, 1.807) is 0 Å². The van der Waals surface area contributed by atoms with Crippen molar-refractivity contribution < 1.29 is 22.0 Å². The van der Waals surface area contributed by atoms with E-state index in [9.17, 15) is 22.0 Å². The maximum Gasteiger partial charge on any atom is 0.422 e. The van der Waals surface area contributed by atoms with Crippen LogP contribution in [-0.2, 0) is 12.6 Å². The lowest BCUT2D eigenvalue weighted by Gasteiger charge is -2.10. The highest BCUT2D eigenvalue weighted by atomic mass is 19.4. The summed E-state index contributed by atoms with van der Waals surface area (Å²) < 4.78 is 62.2. The molecule has 0 saturated heterocycles. The summed E-state index contributed by atoms with van der Waals surface area (Å²) in [6.45, 7) is 0.115. The van der Waals surface area contributed by atoms with Crippen molar-refractivity contribution in [3.05, 3.63) is 34.9 Å². The molecule has 0 aliphatic heterocycles. The molecule has 0 spiro atoms. The highest BCUT2D eigenvalue weighted by molar-refractivity contribution is 5.28. The van der Waals surface area contributed by atoms with Gasteiger partial charge in [-0.25, -0.2) is 8.78 Å². The van der Waals surface area contributed by atoms with E-state index in [0.29, 0.717) is 12.1 Å². The molecule has 0 fully saturated rings. The molecule has 1 rings (SSSR count). The van der Waals surface area contributed by atoms with E-state index < -0.39 is 23.4 Å². The maximum absolute atomic E-state index is 12.9. The number of hydrogen-bond acceptors (Lipinski definition) is 1. The van der Waals surface area contributed by atoms with Crippen LogP contribution < -0.4 is 5.73 Å². The van der Waals surface area contributed by atoms with Crippen LogP contribution in [0.3, 0.4) is 0 Å². The minimum absolute atomic E-state index is 0.112. The number of nitrogens with two attached hydrogens (primary N) is 1. The maximum atomic E-state index is 12.9. The third-order valence-corrected chi connectivity index (χ3v) is 1.82. The molecule has 0 aliphatic carbocycles. The SMILES string of the molecule is NCCc1cc(F)c(C(F)(F)F)c(F)c1. The summed E-state index contributed by atoms with van der Waals surface area (Å²) in [5.41, 5.74) is 3.37. The Kier molecular flexibility index (Phi) is 3.28. The van der Waals surface area contributed by atoms with Crippen molar-refractivity contribution in [2.45, 2.75) is 12.6 Å². The zero-order chi connectivity index (χ0) is 11.6. The molecule has 0 aliphatic rings. The number of rotatable bonds is 2. The van der Waals surface area contributed by atoms with Gasteiger partial charge in [0.25, 0.3) is 0 Å². The monoisotopic (exact) mass is 225 g/mol. The van der Waals surface area contributed by atoms with Gasteiger partial charge in [-0.05, 0) is 30.7 Å². The smallest absolute Gasteiger partial charge is 0.330 e. The lowest BCUT2D eigenvalue weighted by Crippen LogP contribution is -2.13. The van der Waals surface area contributed by atoms with Gasteiger partial charge in [0.1, 0.15) is 17.2 Å². The van der Waals surface area contributed by atoms with Crippen molar-refractivity contribution >= 4 is 0 Å². The van der Waals surface area contributed by atoms with Crippen LogP contribution in [0.1, 0.15) is 11.1 Å². The first-order chi connectivity index (χ1) is 6.86. The van der Waals surface area contributed by atoms with Crippen LogP contribution in [0.4, 0.5) is 22.0 Å². The molecule has 0 amide bonds. The van der Waals surface area contributed by atoms with Gasteiger partial charge in [0, 0.05) is 0 Å². The van der Waals surface area contributed by atoms with Gasteiger partial charge in [0.15, 0.2) is 0 Å². The fourth-order valence-corrected chi connectivity index (χ4v) is 1.21. The first kappa shape index (κ1) is 11.9. The molecule has 84 valence electrons. The van der Waals surface area contributed by atoms with Crippen molar-refractivity contribution in [1.82, 2.24) is 0 Å². The second-order valence-electron chi connectivity index (χ2n) is 2.97. The highest BCUT2D eigenvalue weighted by Gasteiger charge is 2.37. The van der Waals surface area contributed by atoms with Gasteiger partial charge in [-0.2, -0.15) is 13.2 Å². The summed E-state index contributed by atoms with van der Waals surface area (Å²) in [6, 6.07) is 1.30. The predicted octanol–water partition coefficient (Wildman–Crippen LogP) is 2.48. The number of halogens is 5. The minimum atomic E-state index is -5.02. The molecule has 0 unspecified atom stereocenters. The molecule has 1 nitrogen and oxygen atoms in total. The number of alkyl halides is 3. The largest absolute Gasteiger partial charge is 0.422 e. The van der Waals surface area contributed by atoms with Gasteiger partial charge in [0.05, 0.1) is 0 Å². The van der Waals surface area contributed by atoms with Crippen molar-refractivity contribution in [3.8, 4) is 0 Å². The van der Waals surface area contributed by atoms with Crippen molar-refractivity contribution in [2.75, 3.05) is 6.54 Å². The van der Waals surface area contributed by atoms with Crippen LogP contribution in [0.25, 0.3) is 0 Å². The average Bonchev–Trinajstić information content (AvgIpc) is 1.99. The molecular formula is C9H8F5N. The van der Waals surface area contributed by atoms with E-state index in [0.717, 1.165) is 0 Å². The van der Waals surface area contributed by atoms with Gasteiger partial charge in [-0.1, -0.05) is 0 Å². The van der Waals surface area contributed by atoms with Gasteiger partial charge in [0.2, 0.25) is 0 Å². The zero-order valence-corrected chi connectivity index (χ0v) is 7.54. The van der Waals surface area contributed by atoms with Crippen LogP contribution in [0.5, 0.6) is 0 Å². The predicted molar refractivity (Wildman–Crippen MR) is 44.1 cm³/mol. The average molecular weight is 225 g/mol. The second-order valence-corrected chi connectivity index (χ2v) is 2.97. The van der Waals surface area contributed by atoms with E-state index in [-0.39, 0.29) is 18.5 Å². The van der Waals surface area contributed by atoms with Gasteiger partial charge >= 0.3 is 6.18 Å². The van der Waals surface area contributed by atoms with E-state index in [4.69, 9.17) is 5.73 Å². The van der Waals surface area contributed by atoms with Crippen molar-refractivity contribution in [2.24, 2.45) is 5.73 Å². The Morgan fingerprint density at radius 3 is 1.87 bits per heavy atom. The Morgan fingerprint density at radius 1 is 1.07 bits per heavy atom. The molecule has 6 heteroatoms. The summed E-state index contributed by atoms with van der Waals surface area (Å²) in [6.07, 6.45) is -4.89. The molecule has 0 saturated carbocycles. The molecule has 0 radical (unpaired) electrons. The minimum Gasteiger partial charge on any atom is -0.330 e. The summed E-state index contributed by atoms with van der Waals surface area (Å²) in [4.78, 5) is 0. The normalized spacial score (nSPS) is 11.9. The van der Waals surface area contributed by atoms with Crippen molar-refractivity contribution in [3.63, 3.8) is 0 Å². The standard InChI is InChI=1S/C9H8F5N/c10-6-3-5(1-2-15)4-7(11)8(6)9(12,13)14/h3-4H,1-2,15H2. The van der Waals surface area contributed by atoms with Crippen molar-refractivity contribution in [1.29, 1.82) is 0 Å². The third-order valence-electron chi connectivity index (χ3n) is 1.82. The quantitative estimate of drug-likeness (QED) is 0.769. The topological polar surface area (TPSA) is 26.0 Å². The third kappa shape index (κ3) is 2.65. The van der Waals surface area contributed by atoms with Crippen LogP contribution in [0.2, 0.25) is 0 Å². The summed E-state index contributed by atoms with van der Waals surface area (Å²) in [5.74, 6) is -3.21. The van der Waals surface area contributed by atoms with Crippen LogP contribution in [0.15, 0.2) is 12.1 Å². The Labute approximate surface area is 82.7 Å². The second kappa shape index (κ2) is 4.14. The Morgan fingerprint density at radius 2 is 1.53 bits per heavy atom. The van der Waals surface area contributed by atoms with Crippen LogP contribution >= 0.6 is 0 Å². The first-order valence-electron chi connectivity index (χ1n) is 4.11. The van der Waals surface area contributed by atoms with Gasteiger partial charge in [-0.3, -0.25) is 0 Å². The molecule has 1 aromatic carbocycles. The first-order valence-corrected chi connectivity index (χ1v) is 4.11. The fourth-order valence-electron chi connectivity index (χ4n) is 1.21. The molecule has 0 atom stereocenters. The molecule has 0 bridgehead atoms. The van der Waals surface area contributed by atoms with Crippen LogP contribution in [-0.4, -0.2) is 6.54 Å². The highest BCUT2D eigenvalue weighted by Crippen LogP contribution is 2.33. The van der Waals surface area contributed by atoms with E-state index in [1.807, 2.05) is 0 Å². The fraction of sp³-hybridized carbons (Fsp3) is 0.333. The van der Waals surface area contributed by atoms with Gasteiger partial charge in [-0.15, -0.1) is 0 Å². The van der Waals surface area contributed by atoms with Gasteiger partial charge < -0.3 is 5.73 Å². The Hall–Kier alpha value is -1.17. The van der Waals surface area contributed by atoms with Crippen LogP contribution in [0, 0.1) is 11.6 Å². The summed E-state index contributed by atoms with van der Waals surface area (Å²) in [7, 11) is 0. The number of benzene rings is 1. The lowest BCUT2D eigenvalue weighted by atomic mass is 10.1. The number of hydrogen-bond donors (Lipinski definition) is 1.